The van der Waals surface area contributed by atoms with Crippen LogP contribution in [0, 0.1) is 5.92 Å². The van der Waals surface area contributed by atoms with E-state index in [0.717, 1.165) is 19.7 Å². The standard InChI is InChI=1S/C11H17BrN2OS/c1-14(3-8-5-15-6-11(8)13)4-10-2-9(12)7-16-10/h2,7-8,11H,3-6,13H2,1H3. The van der Waals surface area contributed by atoms with Crippen LogP contribution in [0.15, 0.2) is 15.9 Å². The van der Waals surface area contributed by atoms with Gasteiger partial charge in [0.15, 0.2) is 0 Å². The van der Waals surface area contributed by atoms with Crippen LogP contribution in [-0.4, -0.2) is 37.7 Å². The molecule has 0 bridgehead atoms. The van der Waals surface area contributed by atoms with Gasteiger partial charge in [-0.3, -0.25) is 0 Å². The van der Waals surface area contributed by atoms with E-state index < -0.39 is 0 Å². The predicted molar refractivity (Wildman–Crippen MR) is 70.6 cm³/mol. The van der Waals surface area contributed by atoms with Crippen LogP contribution in [0.5, 0.6) is 0 Å². The molecule has 3 nitrogen and oxygen atoms in total. The summed E-state index contributed by atoms with van der Waals surface area (Å²) >= 11 is 5.26. The first-order valence-corrected chi connectivity index (χ1v) is 7.07. The molecule has 2 heterocycles. The maximum atomic E-state index is 5.97. The zero-order valence-electron chi connectivity index (χ0n) is 9.36. The lowest BCUT2D eigenvalue weighted by Gasteiger charge is -2.21. The second-order valence-corrected chi connectivity index (χ2v) is 6.30. The van der Waals surface area contributed by atoms with Crippen molar-refractivity contribution in [2.24, 2.45) is 11.7 Å². The Kier molecular flexibility index (Phi) is 4.38. The van der Waals surface area contributed by atoms with Gasteiger partial charge in [0.05, 0.1) is 13.2 Å². The van der Waals surface area contributed by atoms with Gasteiger partial charge < -0.3 is 15.4 Å². The maximum absolute atomic E-state index is 5.97. The molecule has 90 valence electrons. The van der Waals surface area contributed by atoms with Gasteiger partial charge in [-0.05, 0) is 29.0 Å². The number of thiophene rings is 1. The van der Waals surface area contributed by atoms with Crippen molar-refractivity contribution in [1.29, 1.82) is 0 Å². The van der Waals surface area contributed by atoms with Crippen molar-refractivity contribution in [2.75, 3.05) is 26.8 Å². The number of hydrogen-bond donors (Lipinski definition) is 1. The van der Waals surface area contributed by atoms with Crippen LogP contribution in [-0.2, 0) is 11.3 Å². The van der Waals surface area contributed by atoms with E-state index >= 15 is 0 Å². The molecule has 1 aromatic heterocycles. The average Bonchev–Trinajstić information content (AvgIpc) is 2.77. The minimum Gasteiger partial charge on any atom is -0.379 e. The lowest BCUT2D eigenvalue weighted by Crippen LogP contribution is -2.36. The summed E-state index contributed by atoms with van der Waals surface area (Å²) < 4.78 is 6.54. The number of halogens is 1. The quantitative estimate of drug-likeness (QED) is 0.923. The minimum absolute atomic E-state index is 0.206. The molecule has 0 spiro atoms. The molecule has 2 unspecified atom stereocenters. The highest BCUT2D eigenvalue weighted by molar-refractivity contribution is 9.10. The summed E-state index contributed by atoms with van der Waals surface area (Å²) in [5.74, 6) is 0.480. The topological polar surface area (TPSA) is 38.5 Å². The molecule has 2 atom stereocenters. The molecule has 2 rings (SSSR count). The van der Waals surface area contributed by atoms with Crippen LogP contribution in [0.2, 0.25) is 0 Å². The molecule has 0 amide bonds. The van der Waals surface area contributed by atoms with Crippen LogP contribution in [0.4, 0.5) is 0 Å². The summed E-state index contributed by atoms with van der Waals surface area (Å²) in [7, 11) is 2.14. The Morgan fingerprint density at radius 3 is 3.00 bits per heavy atom. The summed E-state index contributed by atoms with van der Waals surface area (Å²) in [6, 6.07) is 2.38. The van der Waals surface area contributed by atoms with Gasteiger partial charge in [-0.2, -0.15) is 0 Å². The SMILES string of the molecule is CN(Cc1cc(Br)cs1)CC1COCC1N. The third-order valence-corrected chi connectivity index (χ3v) is 4.52. The van der Waals surface area contributed by atoms with Crippen molar-refractivity contribution in [3.05, 3.63) is 20.8 Å². The highest BCUT2D eigenvalue weighted by atomic mass is 79.9. The molecule has 0 saturated carbocycles. The fourth-order valence-electron chi connectivity index (χ4n) is 1.97. The molecule has 0 aromatic carbocycles. The second kappa shape index (κ2) is 5.60. The Labute approximate surface area is 109 Å². The lowest BCUT2D eigenvalue weighted by atomic mass is 10.0. The van der Waals surface area contributed by atoms with Gasteiger partial charge in [0, 0.05) is 39.8 Å². The number of nitrogens with two attached hydrogens (primary N) is 1. The molecule has 16 heavy (non-hydrogen) atoms. The van der Waals surface area contributed by atoms with Crippen molar-refractivity contribution >= 4 is 27.3 Å². The van der Waals surface area contributed by atoms with Crippen molar-refractivity contribution < 1.29 is 4.74 Å². The Morgan fingerprint density at radius 1 is 1.62 bits per heavy atom. The van der Waals surface area contributed by atoms with Crippen LogP contribution < -0.4 is 5.73 Å². The maximum Gasteiger partial charge on any atom is 0.0621 e. The molecule has 1 fully saturated rings. The van der Waals surface area contributed by atoms with Crippen molar-refractivity contribution in [3.8, 4) is 0 Å². The Hall–Kier alpha value is 0.0600. The van der Waals surface area contributed by atoms with Crippen molar-refractivity contribution in [1.82, 2.24) is 4.90 Å². The van der Waals surface area contributed by atoms with E-state index in [0.29, 0.717) is 12.5 Å². The van der Waals surface area contributed by atoms with Gasteiger partial charge in [-0.25, -0.2) is 0 Å². The van der Waals surface area contributed by atoms with Crippen molar-refractivity contribution in [2.45, 2.75) is 12.6 Å². The highest BCUT2D eigenvalue weighted by Crippen LogP contribution is 2.21. The summed E-state index contributed by atoms with van der Waals surface area (Å²) in [4.78, 5) is 3.69. The molecule has 1 aliphatic rings. The number of nitrogens with zero attached hydrogens (tertiary/aromatic N) is 1. The fraction of sp³-hybridized carbons (Fsp3) is 0.636. The second-order valence-electron chi connectivity index (χ2n) is 4.39. The normalized spacial score (nSPS) is 25.5. The van der Waals surface area contributed by atoms with Crippen LogP contribution in [0.3, 0.4) is 0 Å². The zero-order valence-corrected chi connectivity index (χ0v) is 11.8. The lowest BCUT2D eigenvalue weighted by molar-refractivity contribution is 0.173. The number of rotatable bonds is 4. The van der Waals surface area contributed by atoms with Gasteiger partial charge in [0.2, 0.25) is 0 Å². The average molecular weight is 305 g/mol. The summed E-state index contributed by atoms with van der Waals surface area (Å²) in [6.07, 6.45) is 0. The van der Waals surface area contributed by atoms with Gasteiger partial charge in [-0.1, -0.05) is 0 Å². The van der Waals surface area contributed by atoms with Crippen LogP contribution in [0.1, 0.15) is 4.88 Å². The fourth-order valence-corrected chi connectivity index (χ4v) is 3.50. The molecular weight excluding hydrogens is 288 g/mol. The van der Waals surface area contributed by atoms with E-state index in [1.165, 1.54) is 9.35 Å². The highest BCUT2D eigenvalue weighted by Gasteiger charge is 2.25. The molecule has 1 aromatic rings. The first-order valence-electron chi connectivity index (χ1n) is 5.40. The van der Waals surface area contributed by atoms with E-state index in [2.05, 4.69) is 39.3 Å². The van der Waals surface area contributed by atoms with Gasteiger partial charge in [-0.15, -0.1) is 11.3 Å². The monoisotopic (exact) mass is 304 g/mol. The molecule has 1 aliphatic heterocycles. The first-order chi connectivity index (χ1) is 7.65. The van der Waals surface area contributed by atoms with E-state index in [4.69, 9.17) is 10.5 Å². The van der Waals surface area contributed by atoms with Crippen molar-refractivity contribution in [3.63, 3.8) is 0 Å². The van der Waals surface area contributed by atoms with E-state index in [9.17, 15) is 0 Å². The summed E-state index contributed by atoms with van der Waals surface area (Å²) in [5, 5.41) is 2.12. The molecule has 0 aliphatic carbocycles. The molecule has 1 saturated heterocycles. The van der Waals surface area contributed by atoms with E-state index in [-0.39, 0.29) is 6.04 Å². The number of hydrogen-bond acceptors (Lipinski definition) is 4. The molecule has 2 N–H and O–H groups in total. The predicted octanol–water partition coefficient (Wildman–Crippen LogP) is 1.92. The smallest absolute Gasteiger partial charge is 0.0621 e. The third kappa shape index (κ3) is 3.28. The van der Waals surface area contributed by atoms with E-state index in [1.807, 2.05) is 0 Å². The summed E-state index contributed by atoms with van der Waals surface area (Å²) in [5.41, 5.74) is 5.97. The van der Waals surface area contributed by atoms with Gasteiger partial charge in [0.25, 0.3) is 0 Å². The minimum atomic E-state index is 0.206. The third-order valence-electron chi connectivity index (χ3n) is 2.84. The Morgan fingerprint density at radius 2 is 2.44 bits per heavy atom. The molecular formula is C11H17BrN2OS. The van der Waals surface area contributed by atoms with E-state index in [1.54, 1.807) is 11.3 Å². The molecule has 0 radical (unpaired) electrons. The zero-order chi connectivity index (χ0) is 11.5. The van der Waals surface area contributed by atoms with Crippen LogP contribution in [0.25, 0.3) is 0 Å². The molecule has 5 heteroatoms. The largest absolute Gasteiger partial charge is 0.379 e. The van der Waals surface area contributed by atoms with Gasteiger partial charge >= 0.3 is 0 Å². The van der Waals surface area contributed by atoms with Gasteiger partial charge in [0.1, 0.15) is 0 Å². The Bertz CT molecular complexity index is 344. The van der Waals surface area contributed by atoms with Crippen LogP contribution >= 0.6 is 27.3 Å². The number of ether oxygens (including phenoxy) is 1. The first kappa shape index (κ1) is 12.5. The summed E-state index contributed by atoms with van der Waals surface area (Å²) in [6.45, 7) is 3.51. The Balaban J connectivity index is 1.82.